The zero-order valence-corrected chi connectivity index (χ0v) is 23.5. The van der Waals surface area contributed by atoms with Gasteiger partial charge in [-0.05, 0) is 64.7 Å². The maximum atomic E-state index is 4.41. The molecule has 0 aliphatic carbocycles. The molecule has 0 N–H and O–H groups in total. The highest BCUT2D eigenvalue weighted by atomic mass is 15.3. The Hall–Kier alpha value is -3.73. The van der Waals surface area contributed by atoms with E-state index in [9.17, 15) is 0 Å². The molecule has 0 saturated heterocycles. The lowest BCUT2D eigenvalue weighted by Gasteiger charge is -2.44. The van der Waals surface area contributed by atoms with Crippen molar-refractivity contribution in [2.75, 3.05) is 30.4 Å². The smallest absolute Gasteiger partial charge is 0.0681 e. The van der Waals surface area contributed by atoms with Gasteiger partial charge < -0.3 is 14.4 Å². The van der Waals surface area contributed by atoms with Gasteiger partial charge in [0.05, 0.1) is 29.1 Å². The lowest BCUT2D eigenvalue weighted by molar-refractivity contribution is 0.523. The van der Waals surface area contributed by atoms with Gasteiger partial charge in [-0.15, -0.1) is 0 Å². The number of benzene rings is 3. The molecule has 38 heavy (non-hydrogen) atoms. The Morgan fingerprint density at radius 1 is 0.842 bits per heavy atom. The Morgan fingerprint density at radius 2 is 1.61 bits per heavy atom. The van der Waals surface area contributed by atoms with Gasteiger partial charge in [-0.1, -0.05) is 51.1 Å². The van der Waals surface area contributed by atoms with Crippen molar-refractivity contribution in [3.05, 3.63) is 89.7 Å². The Labute approximate surface area is 226 Å². The average molecular weight is 506 g/mol. The molecule has 196 valence electrons. The van der Waals surface area contributed by atoms with Crippen LogP contribution in [0.4, 0.5) is 11.4 Å². The van der Waals surface area contributed by atoms with Gasteiger partial charge in [0.2, 0.25) is 0 Å². The van der Waals surface area contributed by atoms with Crippen LogP contribution in [-0.4, -0.2) is 41.0 Å². The van der Waals surface area contributed by atoms with Crippen molar-refractivity contribution < 1.29 is 0 Å². The SMILES string of the molecule is CCc1ccc2c(c1)N(C)C([C@H](C)c1ccc3ccn(C[C@H](C)c4ccc5cnn(C)c5c4)c3c1)CN2C. The third kappa shape index (κ3) is 4.14. The van der Waals surface area contributed by atoms with Crippen molar-refractivity contribution in [1.29, 1.82) is 0 Å². The zero-order valence-electron chi connectivity index (χ0n) is 23.5. The normalized spacial score (nSPS) is 17.3. The standard InChI is InChI=1S/C33H39N5/c1-7-24-8-13-29-32(16-24)36(5)33(21-35(29)4)23(3)27-11-9-25-14-15-38(31(25)18-27)20-22(2)26-10-12-28-19-34-37(6)30(28)17-26/h8-19,22-23,33H,7,20-21H2,1-6H3/t22-,23+,33?/m0/s1. The predicted molar refractivity (Wildman–Crippen MR) is 161 cm³/mol. The first-order valence-electron chi connectivity index (χ1n) is 13.9. The van der Waals surface area contributed by atoms with Crippen LogP contribution in [0.25, 0.3) is 21.8 Å². The molecule has 1 unspecified atom stereocenters. The van der Waals surface area contributed by atoms with Gasteiger partial charge in [0, 0.05) is 57.3 Å². The van der Waals surface area contributed by atoms with Crippen LogP contribution in [0, 0.1) is 0 Å². The molecule has 0 fully saturated rings. The molecular weight excluding hydrogens is 466 g/mol. The van der Waals surface area contributed by atoms with Crippen LogP contribution < -0.4 is 9.80 Å². The summed E-state index contributed by atoms with van der Waals surface area (Å²) >= 11 is 0. The van der Waals surface area contributed by atoms with E-state index in [0.29, 0.717) is 17.9 Å². The molecule has 3 heterocycles. The third-order valence-electron chi connectivity index (χ3n) is 8.91. The number of aryl methyl sites for hydroxylation is 2. The van der Waals surface area contributed by atoms with E-state index in [-0.39, 0.29) is 0 Å². The van der Waals surface area contributed by atoms with Crippen molar-refractivity contribution in [1.82, 2.24) is 14.3 Å². The van der Waals surface area contributed by atoms with E-state index in [4.69, 9.17) is 0 Å². The number of nitrogens with zero attached hydrogens (tertiary/aromatic N) is 5. The maximum absolute atomic E-state index is 4.41. The first kappa shape index (κ1) is 24.6. The van der Waals surface area contributed by atoms with E-state index < -0.39 is 0 Å². The fourth-order valence-electron chi connectivity index (χ4n) is 6.30. The zero-order chi connectivity index (χ0) is 26.6. The second-order valence-electron chi connectivity index (χ2n) is 11.3. The number of rotatable bonds is 6. The van der Waals surface area contributed by atoms with Gasteiger partial charge in [-0.3, -0.25) is 4.68 Å². The molecule has 5 nitrogen and oxygen atoms in total. The minimum atomic E-state index is 0.397. The molecular formula is C33H39N5. The molecule has 1 aliphatic rings. The molecule has 5 heteroatoms. The van der Waals surface area contributed by atoms with E-state index in [1.165, 1.54) is 49.9 Å². The number of anilines is 2. The molecule has 0 saturated carbocycles. The molecule has 5 aromatic rings. The Balaban J connectivity index is 1.28. The summed E-state index contributed by atoms with van der Waals surface area (Å²) in [5.41, 5.74) is 9.34. The van der Waals surface area contributed by atoms with Crippen molar-refractivity contribution in [3.8, 4) is 0 Å². The lowest BCUT2D eigenvalue weighted by atomic mass is 9.89. The minimum absolute atomic E-state index is 0.397. The molecule has 6 rings (SSSR count). The molecule has 0 amide bonds. The first-order valence-corrected chi connectivity index (χ1v) is 13.9. The quantitative estimate of drug-likeness (QED) is 0.250. The lowest BCUT2D eigenvalue weighted by Crippen LogP contribution is -2.48. The van der Waals surface area contributed by atoms with Crippen molar-refractivity contribution in [2.24, 2.45) is 7.05 Å². The summed E-state index contributed by atoms with van der Waals surface area (Å²) in [6, 6.07) is 23.4. The topological polar surface area (TPSA) is 29.2 Å². The number of aromatic nitrogens is 3. The van der Waals surface area contributed by atoms with Crippen LogP contribution in [0.1, 0.15) is 49.3 Å². The van der Waals surface area contributed by atoms with Crippen LogP contribution in [0.3, 0.4) is 0 Å². The third-order valence-corrected chi connectivity index (χ3v) is 8.91. The number of likely N-dealkylation sites (N-methyl/N-ethyl adjacent to an activating group) is 2. The Morgan fingerprint density at radius 3 is 2.42 bits per heavy atom. The summed E-state index contributed by atoms with van der Waals surface area (Å²) in [5, 5.41) is 6.92. The summed E-state index contributed by atoms with van der Waals surface area (Å²) in [5.74, 6) is 0.798. The minimum Gasteiger partial charge on any atom is -0.371 e. The highest BCUT2D eigenvalue weighted by Crippen LogP contribution is 2.39. The van der Waals surface area contributed by atoms with Crippen LogP contribution >= 0.6 is 0 Å². The predicted octanol–water partition coefficient (Wildman–Crippen LogP) is 6.95. The summed E-state index contributed by atoms with van der Waals surface area (Å²) in [6.07, 6.45) is 5.25. The van der Waals surface area contributed by atoms with Gasteiger partial charge in [0.15, 0.2) is 0 Å². The largest absolute Gasteiger partial charge is 0.371 e. The van der Waals surface area contributed by atoms with Gasteiger partial charge in [-0.2, -0.15) is 5.10 Å². The van der Waals surface area contributed by atoms with E-state index in [2.05, 4.69) is 121 Å². The van der Waals surface area contributed by atoms with E-state index in [1.54, 1.807) is 0 Å². The highest BCUT2D eigenvalue weighted by molar-refractivity contribution is 5.82. The van der Waals surface area contributed by atoms with Crippen molar-refractivity contribution in [3.63, 3.8) is 0 Å². The molecule has 0 radical (unpaired) electrons. The number of hydrogen-bond donors (Lipinski definition) is 0. The summed E-state index contributed by atoms with van der Waals surface area (Å²) in [4.78, 5) is 4.94. The van der Waals surface area contributed by atoms with Crippen molar-refractivity contribution in [2.45, 2.75) is 51.6 Å². The fraction of sp³-hybridized carbons (Fsp3) is 0.364. The van der Waals surface area contributed by atoms with Gasteiger partial charge in [0.1, 0.15) is 0 Å². The molecule has 1 aliphatic heterocycles. The van der Waals surface area contributed by atoms with Gasteiger partial charge in [0.25, 0.3) is 0 Å². The van der Waals surface area contributed by atoms with Gasteiger partial charge in [-0.25, -0.2) is 0 Å². The number of hydrogen-bond acceptors (Lipinski definition) is 3. The van der Waals surface area contributed by atoms with E-state index in [0.717, 1.165) is 19.5 Å². The van der Waals surface area contributed by atoms with Crippen molar-refractivity contribution >= 4 is 33.2 Å². The van der Waals surface area contributed by atoms with E-state index >= 15 is 0 Å². The highest BCUT2D eigenvalue weighted by Gasteiger charge is 2.31. The Bertz CT molecular complexity index is 1610. The molecule has 0 bridgehead atoms. The maximum Gasteiger partial charge on any atom is 0.0681 e. The van der Waals surface area contributed by atoms with Crippen LogP contribution in [0.5, 0.6) is 0 Å². The Kier molecular flexibility index (Phi) is 6.17. The number of fused-ring (bicyclic) bond motifs is 3. The van der Waals surface area contributed by atoms with Gasteiger partial charge >= 0.3 is 0 Å². The molecule has 2 aromatic heterocycles. The monoisotopic (exact) mass is 505 g/mol. The van der Waals surface area contributed by atoms with Crippen LogP contribution in [0.2, 0.25) is 0 Å². The van der Waals surface area contributed by atoms with Crippen LogP contribution in [0.15, 0.2) is 73.1 Å². The second-order valence-corrected chi connectivity index (χ2v) is 11.3. The molecule has 3 aromatic carbocycles. The van der Waals surface area contributed by atoms with E-state index in [1.807, 2.05) is 17.9 Å². The molecule has 3 atom stereocenters. The first-order chi connectivity index (χ1) is 18.3. The summed E-state index contributed by atoms with van der Waals surface area (Å²) in [7, 11) is 6.52. The van der Waals surface area contributed by atoms with Crippen LogP contribution in [-0.2, 0) is 20.0 Å². The molecule has 0 spiro atoms. The summed E-state index contributed by atoms with van der Waals surface area (Å²) < 4.78 is 4.40. The second kappa shape index (κ2) is 9.54. The average Bonchev–Trinajstić information content (AvgIpc) is 3.52. The fourth-order valence-corrected chi connectivity index (χ4v) is 6.30. The summed E-state index contributed by atoms with van der Waals surface area (Å²) in [6.45, 7) is 8.91.